The number of primary sulfonamides is 1. The van der Waals surface area contributed by atoms with Crippen molar-refractivity contribution in [1.82, 2.24) is 0 Å². The minimum Gasteiger partial charge on any atom is -0.393 e. The zero-order chi connectivity index (χ0) is 15.5. The summed E-state index contributed by atoms with van der Waals surface area (Å²) in [6, 6.07) is 3.93. The number of aliphatic hydroxyl groups is 1. The van der Waals surface area contributed by atoms with E-state index in [1.807, 2.05) is 0 Å². The second kappa shape index (κ2) is 6.16. The molecule has 0 saturated heterocycles. The molecule has 0 radical (unpaired) electrons. The number of nitrogens with zero attached hydrogens (tertiary/aromatic N) is 2. The highest BCUT2D eigenvalue weighted by atomic mass is 32.2. The Balaban J connectivity index is 3.30. The summed E-state index contributed by atoms with van der Waals surface area (Å²) in [6.07, 6.45) is -0.161. The Bertz CT molecular complexity index is 600. The minimum absolute atomic E-state index is 0.141. The molecular formula is C11H17N3O5S. The van der Waals surface area contributed by atoms with Gasteiger partial charge in [0, 0.05) is 13.6 Å². The first-order chi connectivity index (χ1) is 9.14. The summed E-state index contributed by atoms with van der Waals surface area (Å²) >= 11 is 0. The summed E-state index contributed by atoms with van der Waals surface area (Å²) in [4.78, 5) is 11.4. The van der Waals surface area contributed by atoms with Crippen LogP contribution in [0.1, 0.15) is 13.3 Å². The Hall–Kier alpha value is -1.71. The van der Waals surface area contributed by atoms with Gasteiger partial charge in [-0.3, -0.25) is 10.1 Å². The van der Waals surface area contributed by atoms with Crippen LogP contribution in [0, 0.1) is 10.1 Å². The number of benzene rings is 1. The highest BCUT2D eigenvalue weighted by Gasteiger charge is 2.28. The van der Waals surface area contributed by atoms with Gasteiger partial charge in [0.05, 0.1) is 11.0 Å². The lowest BCUT2D eigenvalue weighted by molar-refractivity contribution is -0.387. The zero-order valence-corrected chi connectivity index (χ0v) is 12.0. The van der Waals surface area contributed by atoms with E-state index in [0.29, 0.717) is 13.0 Å². The molecule has 0 aromatic heterocycles. The molecule has 8 nitrogen and oxygen atoms in total. The lowest BCUT2D eigenvalue weighted by Crippen LogP contribution is -2.24. The van der Waals surface area contributed by atoms with E-state index in [1.165, 1.54) is 17.0 Å². The molecule has 3 N–H and O–H groups in total. The van der Waals surface area contributed by atoms with Crippen molar-refractivity contribution >= 4 is 21.4 Å². The van der Waals surface area contributed by atoms with Crippen LogP contribution in [0.15, 0.2) is 23.1 Å². The van der Waals surface area contributed by atoms with Crippen molar-refractivity contribution in [2.24, 2.45) is 5.14 Å². The summed E-state index contributed by atoms with van der Waals surface area (Å²) in [5.41, 5.74) is -0.412. The van der Waals surface area contributed by atoms with Crippen molar-refractivity contribution in [3.05, 3.63) is 28.3 Å². The molecule has 0 fully saturated rings. The van der Waals surface area contributed by atoms with Gasteiger partial charge in [-0.15, -0.1) is 0 Å². The normalized spacial score (nSPS) is 13.0. The average molecular weight is 303 g/mol. The van der Waals surface area contributed by atoms with E-state index in [4.69, 9.17) is 5.14 Å². The van der Waals surface area contributed by atoms with Gasteiger partial charge < -0.3 is 10.0 Å². The maximum Gasteiger partial charge on any atom is 0.312 e. The van der Waals surface area contributed by atoms with Gasteiger partial charge in [0.1, 0.15) is 5.69 Å². The second-order valence-corrected chi connectivity index (χ2v) is 6.02. The molecule has 20 heavy (non-hydrogen) atoms. The van der Waals surface area contributed by atoms with Gasteiger partial charge >= 0.3 is 5.69 Å². The first kappa shape index (κ1) is 16.3. The number of hydrogen-bond acceptors (Lipinski definition) is 6. The molecule has 0 aliphatic carbocycles. The molecule has 0 heterocycles. The van der Waals surface area contributed by atoms with Crippen LogP contribution < -0.4 is 10.0 Å². The molecule has 1 atom stereocenters. The first-order valence-corrected chi connectivity index (χ1v) is 7.38. The molecule has 1 rings (SSSR count). The maximum absolute atomic E-state index is 11.4. The summed E-state index contributed by atoms with van der Waals surface area (Å²) in [5, 5.41) is 25.4. The third-order valence-electron chi connectivity index (χ3n) is 2.76. The van der Waals surface area contributed by atoms with Gasteiger partial charge in [-0.2, -0.15) is 0 Å². The molecule has 1 unspecified atom stereocenters. The Morgan fingerprint density at radius 3 is 2.55 bits per heavy atom. The van der Waals surface area contributed by atoms with Crippen molar-refractivity contribution in [1.29, 1.82) is 0 Å². The van der Waals surface area contributed by atoms with E-state index >= 15 is 0 Å². The quantitative estimate of drug-likeness (QED) is 0.580. The molecule has 0 saturated carbocycles. The molecule has 0 bridgehead atoms. The van der Waals surface area contributed by atoms with Gasteiger partial charge in [-0.1, -0.05) is 6.07 Å². The number of anilines is 1. The highest BCUT2D eigenvalue weighted by molar-refractivity contribution is 7.89. The van der Waals surface area contributed by atoms with Crippen molar-refractivity contribution in [3.63, 3.8) is 0 Å². The standard InChI is InChI=1S/C11H17N3O5S/c1-8(15)6-7-13(2)9-4-3-5-10(20(12,18)19)11(9)14(16)17/h3-5,8,15H,6-7H2,1-2H3,(H2,12,18,19). The van der Waals surface area contributed by atoms with Gasteiger partial charge in [0.15, 0.2) is 4.90 Å². The van der Waals surface area contributed by atoms with Crippen LogP contribution in [0.25, 0.3) is 0 Å². The number of sulfonamides is 1. The summed E-state index contributed by atoms with van der Waals surface area (Å²) in [6.45, 7) is 1.94. The third kappa shape index (κ3) is 3.89. The molecule has 9 heteroatoms. The van der Waals surface area contributed by atoms with E-state index < -0.39 is 31.6 Å². The molecule has 0 aliphatic heterocycles. The van der Waals surface area contributed by atoms with E-state index in [1.54, 1.807) is 14.0 Å². The Kier molecular flexibility index (Phi) is 5.03. The minimum atomic E-state index is -4.18. The first-order valence-electron chi connectivity index (χ1n) is 5.84. The Labute approximate surface area is 117 Å². The van der Waals surface area contributed by atoms with Gasteiger partial charge in [-0.25, -0.2) is 13.6 Å². The Morgan fingerprint density at radius 2 is 2.10 bits per heavy atom. The Morgan fingerprint density at radius 1 is 1.50 bits per heavy atom. The van der Waals surface area contributed by atoms with Crippen LogP contribution in [0.5, 0.6) is 0 Å². The van der Waals surface area contributed by atoms with E-state index in [9.17, 15) is 23.6 Å². The number of nitrogens with two attached hydrogens (primary N) is 1. The van der Waals surface area contributed by atoms with Crippen LogP contribution in [-0.4, -0.2) is 38.1 Å². The molecule has 112 valence electrons. The van der Waals surface area contributed by atoms with Crippen LogP contribution in [0.4, 0.5) is 11.4 Å². The SMILES string of the molecule is CC(O)CCN(C)c1cccc(S(N)(=O)=O)c1[N+](=O)[O-]. The number of aliphatic hydroxyl groups excluding tert-OH is 1. The van der Waals surface area contributed by atoms with E-state index in [0.717, 1.165) is 6.07 Å². The van der Waals surface area contributed by atoms with Crippen molar-refractivity contribution in [2.45, 2.75) is 24.3 Å². The lowest BCUT2D eigenvalue weighted by atomic mass is 10.2. The molecule has 0 spiro atoms. The molecular weight excluding hydrogens is 286 g/mol. The zero-order valence-electron chi connectivity index (χ0n) is 11.2. The van der Waals surface area contributed by atoms with E-state index in [-0.39, 0.29) is 5.69 Å². The molecule has 1 aromatic rings. The number of hydrogen-bond donors (Lipinski definition) is 2. The van der Waals surface area contributed by atoms with Crippen molar-refractivity contribution < 1.29 is 18.4 Å². The molecule has 0 amide bonds. The van der Waals surface area contributed by atoms with Gasteiger partial charge in [0.25, 0.3) is 0 Å². The predicted molar refractivity (Wildman–Crippen MR) is 74.0 cm³/mol. The largest absolute Gasteiger partial charge is 0.393 e. The molecule has 0 aliphatic rings. The van der Waals surface area contributed by atoms with Crippen LogP contribution in [0.2, 0.25) is 0 Å². The topological polar surface area (TPSA) is 127 Å². The monoisotopic (exact) mass is 303 g/mol. The maximum atomic E-state index is 11.4. The second-order valence-electron chi connectivity index (χ2n) is 4.49. The number of rotatable bonds is 6. The summed E-state index contributed by atoms with van der Waals surface area (Å²) in [5.74, 6) is 0. The average Bonchev–Trinajstić information content (AvgIpc) is 2.33. The number of nitro groups is 1. The van der Waals surface area contributed by atoms with Crippen LogP contribution >= 0.6 is 0 Å². The summed E-state index contributed by atoms with van der Waals surface area (Å²) < 4.78 is 22.8. The smallest absolute Gasteiger partial charge is 0.312 e. The predicted octanol–water partition coefficient (Wildman–Crippen LogP) is 0.449. The lowest BCUT2D eigenvalue weighted by Gasteiger charge is -2.20. The van der Waals surface area contributed by atoms with Crippen LogP contribution in [-0.2, 0) is 10.0 Å². The fourth-order valence-electron chi connectivity index (χ4n) is 1.73. The number of para-hydroxylation sites is 1. The van der Waals surface area contributed by atoms with Crippen molar-refractivity contribution in [3.8, 4) is 0 Å². The van der Waals surface area contributed by atoms with Crippen LogP contribution in [0.3, 0.4) is 0 Å². The fourth-order valence-corrected chi connectivity index (χ4v) is 2.45. The molecule has 1 aromatic carbocycles. The highest BCUT2D eigenvalue weighted by Crippen LogP contribution is 2.33. The summed E-state index contributed by atoms with van der Waals surface area (Å²) in [7, 11) is -2.60. The third-order valence-corrected chi connectivity index (χ3v) is 3.70. The fraction of sp³-hybridized carbons (Fsp3) is 0.455. The van der Waals surface area contributed by atoms with Gasteiger partial charge in [-0.05, 0) is 25.5 Å². The van der Waals surface area contributed by atoms with E-state index in [2.05, 4.69) is 0 Å². The van der Waals surface area contributed by atoms with Gasteiger partial charge in [0.2, 0.25) is 10.0 Å². The number of nitro benzene ring substituents is 1. The van der Waals surface area contributed by atoms with Crippen molar-refractivity contribution in [2.75, 3.05) is 18.5 Å².